The second-order valence-electron chi connectivity index (χ2n) is 5.80. The van der Waals surface area contributed by atoms with Gasteiger partial charge in [-0.3, -0.25) is 4.79 Å². The lowest BCUT2D eigenvalue weighted by Gasteiger charge is -2.40. The van der Waals surface area contributed by atoms with Crippen molar-refractivity contribution in [2.24, 2.45) is 5.73 Å². The van der Waals surface area contributed by atoms with E-state index in [4.69, 9.17) is 10.5 Å². The van der Waals surface area contributed by atoms with E-state index in [2.05, 4.69) is 6.92 Å². The van der Waals surface area contributed by atoms with Crippen LogP contribution in [0.2, 0.25) is 0 Å². The third kappa shape index (κ3) is 2.29. The highest BCUT2D eigenvalue weighted by atomic mass is 16.5. The van der Waals surface area contributed by atoms with Crippen LogP contribution in [-0.2, 0) is 6.42 Å². The van der Waals surface area contributed by atoms with Crippen LogP contribution in [0.1, 0.15) is 42.1 Å². The van der Waals surface area contributed by atoms with Crippen molar-refractivity contribution in [3.05, 3.63) is 29.3 Å². The number of benzene rings is 1. The molecule has 2 aliphatic rings. The number of likely N-dealkylation sites (tertiary alicyclic amines) is 1. The standard InChI is InChI=1S/C16H22N2O2/c1-11-3-2-4-14(10-17)18(11)16(19)13-5-6-15-12(9-13)7-8-20-15/h5-6,9,11,14H,2-4,7-8,10,17H2,1H3. The summed E-state index contributed by atoms with van der Waals surface area (Å²) in [6.45, 7) is 3.39. The zero-order valence-corrected chi connectivity index (χ0v) is 12.0. The van der Waals surface area contributed by atoms with E-state index in [1.807, 2.05) is 23.1 Å². The molecule has 1 saturated heterocycles. The Morgan fingerprint density at radius 1 is 1.45 bits per heavy atom. The van der Waals surface area contributed by atoms with Gasteiger partial charge in [0.25, 0.3) is 5.91 Å². The van der Waals surface area contributed by atoms with Gasteiger partial charge in [0.2, 0.25) is 0 Å². The van der Waals surface area contributed by atoms with Gasteiger partial charge >= 0.3 is 0 Å². The summed E-state index contributed by atoms with van der Waals surface area (Å²) in [6.07, 6.45) is 4.13. The van der Waals surface area contributed by atoms with Crippen molar-refractivity contribution < 1.29 is 9.53 Å². The lowest BCUT2D eigenvalue weighted by molar-refractivity contribution is 0.0494. The first-order chi connectivity index (χ1) is 9.70. The summed E-state index contributed by atoms with van der Waals surface area (Å²) in [7, 11) is 0. The van der Waals surface area contributed by atoms with Crippen molar-refractivity contribution in [3.63, 3.8) is 0 Å². The molecule has 0 radical (unpaired) electrons. The molecule has 2 aliphatic heterocycles. The highest BCUT2D eigenvalue weighted by molar-refractivity contribution is 5.95. The fourth-order valence-electron chi connectivity index (χ4n) is 3.35. The average Bonchev–Trinajstić information content (AvgIpc) is 2.93. The van der Waals surface area contributed by atoms with Crippen LogP contribution < -0.4 is 10.5 Å². The molecule has 1 fully saturated rings. The summed E-state index contributed by atoms with van der Waals surface area (Å²) < 4.78 is 5.50. The van der Waals surface area contributed by atoms with Gasteiger partial charge in [-0.15, -0.1) is 0 Å². The molecule has 4 heteroatoms. The van der Waals surface area contributed by atoms with E-state index in [0.717, 1.165) is 49.2 Å². The molecule has 0 aromatic heterocycles. The van der Waals surface area contributed by atoms with Gasteiger partial charge in [0.05, 0.1) is 6.61 Å². The number of nitrogens with zero attached hydrogens (tertiary/aromatic N) is 1. The smallest absolute Gasteiger partial charge is 0.254 e. The zero-order chi connectivity index (χ0) is 14.1. The van der Waals surface area contributed by atoms with E-state index in [-0.39, 0.29) is 18.0 Å². The third-order valence-corrected chi connectivity index (χ3v) is 4.47. The Hall–Kier alpha value is -1.55. The number of hydrogen-bond acceptors (Lipinski definition) is 3. The summed E-state index contributed by atoms with van der Waals surface area (Å²) in [6, 6.07) is 6.23. The predicted octanol–water partition coefficient (Wildman–Crippen LogP) is 1.96. The van der Waals surface area contributed by atoms with Gasteiger partial charge in [-0.25, -0.2) is 0 Å². The molecule has 1 aromatic rings. The molecular formula is C16H22N2O2. The molecule has 0 spiro atoms. The van der Waals surface area contributed by atoms with Gasteiger partial charge in [0, 0.05) is 30.6 Å². The Bertz CT molecular complexity index is 515. The Labute approximate surface area is 119 Å². The Morgan fingerprint density at radius 2 is 2.30 bits per heavy atom. The van der Waals surface area contributed by atoms with Crippen LogP contribution >= 0.6 is 0 Å². The van der Waals surface area contributed by atoms with Crippen LogP contribution in [0.15, 0.2) is 18.2 Å². The van der Waals surface area contributed by atoms with Crippen LogP contribution in [0.5, 0.6) is 5.75 Å². The molecule has 2 atom stereocenters. The minimum atomic E-state index is 0.113. The van der Waals surface area contributed by atoms with E-state index in [0.29, 0.717) is 6.54 Å². The molecule has 20 heavy (non-hydrogen) atoms. The lowest BCUT2D eigenvalue weighted by Crippen LogP contribution is -2.51. The molecule has 2 N–H and O–H groups in total. The quantitative estimate of drug-likeness (QED) is 0.897. The molecule has 0 aliphatic carbocycles. The van der Waals surface area contributed by atoms with Crippen LogP contribution in [-0.4, -0.2) is 36.0 Å². The molecule has 1 aromatic carbocycles. The van der Waals surface area contributed by atoms with Gasteiger partial charge in [0.15, 0.2) is 0 Å². The number of piperidine rings is 1. The Kier molecular flexibility index (Phi) is 3.66. The van der Waals surface area contributed by atoms with Crippen LogP contribution in [0.25, 0.3) is 0 Å². The average molecular weight is 274 g/mol. The minimum Gasteiger partial charge on any atom is -0.493 e. The van der Waals surface area contributed by atoms with Crippen molar-refractivity contribution in [1.82, 2.24) is 4.90 Å². The normalized spacial score (nSPS) is 25.2. The van der Waals surface area contributed by atoms with Crippen LogP contribution in [0, 0.1) is 0 Å². The highest BCUT2D eigenvalue weighted by Crippen LogP contribution is 2.29. The second kappa shape index (κ2) is 5.44. The summed E-state index contributed by atoms with van der Waals surface area (Å²) in [5, 5.41) is 0. The van der Waals surface area contributed by atoms with Crippen molar-refractivity contribution in [2.75, 3.05) is 13.2 Å². The van der Waals surface area contributed by atoms with Crippen LogP contribution in [0.4, 0.5) is 0 Å². The van der Waals surface area contributed by atoms with E-state index in [9.17, 15) is 4.79 Å². The third-order valence-electron chi connectivity index (χ3n) is 4.47. The monoisotopic (exact) mass is 274 g/mol. The van der Waals surface area contributed by atoms with E-state index in [1.54, 1.807) is 0 Å². The number of amides is 1. The Morgan fingerprint density at radius 3 is 3.10 bits per heavy atom. The number of fused-ring (bicyclic) bond motifs is 1. The first-order valence-corrected chi connectivity index (χ1v) is 7.49. The molecule has 108 valence electrons. The maximum atomic E-state index is 12.8. The molecule has 0 saturated carbocycles. The van der Waals surface area contributed by atoms with Gasteiger partial charge in [-0.05, 0) is 49.9 Å². The van der Waals surface area contributed by atoms with E-state index < -0.39 is 0 Å². The highest BCUT2D eigenvalue weighted by Gasteiger charge is 2.31. The second-order valence-corrected chi connectivity index (χ2v) is 5.80. The van der Waals surface area contributed by atoms with Gasteiger partial charge in [-0.1, -0.05) is 0 Å². The van der Waals surface area contributed by atoms with Crippen molar-refractivity contribution in [2.45, 2.75) is 44.7 Å². The zero-order valence-electron chi connectivity index (χ0n) is 12.0. The number of ether oxygens (including phenoxy) is 1. The summed E-state index contributed by atoms with van der Waals surface area (Å²) >= 11 is 0. The molecule has 1 amide bonds. The van der Waals surface area contributed by atoms with Crippen molar-refractivity contribution in [3.8, 4) is 5.75 Å². The maximum Gasteiger partial charge on any atom is 0.254 e. The molecular weight excluding hydrogens is 252 g/mol. The van der Waals surface area contributed by atoms with E-state index >= 15 is 0 Å². The molecule has 2 heterocycles. The number of nitrogens with two attached hydrogens (primary N) is 1. The fourth-order valence-corrected chi connectivity index (χ4v) is 3.35. The number of hydrogen-bond donors (Lipinski definition) is 1. The number of carbonyl (C=O) groups is 1. The fraction of sp³-hybridized carbons (Fsp3) is 0.562. The van der Waals surface area contributed by atoms with Crippen LogP contribution in [0.3, 0.4) is 0 Å². The first-order valence-electron chi connectivity index (χ1n) is 7.49. The van der Waals surface area contributed by atoms with E-state index in [1.165, 1.54) is 0 Å². The van der Waals surface area contributed by atoms with Gasteiger partial charge < -0.3 is 15.4 Å². The summed E-state index contributed by atoms with van der Waals surface area (Å²) in [5.41, 5.74) is 7.76. The molecule has 4 nitrogen and oxygen atoms in total. The van der Waals surface area contributed by atoms with Crippen molar-refractivity contribution >= 4 is 5.91 Å². The van der Waals surface area contributed by atoms with Crippen molar-refractivity contribution in [1.29, 1.82) is 0 Å². The Balaban J connectivity index is 1.87. The molecule has 0 bridgehead atoms. The van der Waals surface area contributed by atoms with Gasteiger partial charge in [0.1, 0.15) is 5.75 Å². The summed E-state index contributed by atoms with van der Waals surface area (Å²) in [5.74, 6) is 1.03. The predicted molar refractivity (Wildman–Crippen MR) is 78.0 cm³/mol. The lowest BCUT2D eigenvalue weighted by atomic mass is 9.95. The SMILES string of the molecule is CC1CCCC(CN)N1C(=O)c1ccc2c(c1)CCO2. The summed E-state index contributed by atoms with van der Waals surface area (Å²) in [4.78, 5) is 14.8. The number of carbonyl (C=O) groups excluding carboxylic acids is 1. The topological polar surface area (TPSA) is 55.6 Å². The maximum absolute atomic E-state index is 12.8. The number of rotatable bonds is 2. The minimum absolute atomic E-state index is 0.113. The first kappa shape index (κ1) is 13.4. The molecule has 2 unspecified atom stereocenters. The van der Waals surface area contributed by atoms with Gasteiger partial charge in [-0.2, -0.15) is 0 Å². The molecule has 3 rings (SSSR count). The largest absolute Gasteiger partial charge is 0.493 e.